The third-order valence-electron chi connectivity index (χ3n) is 4.40. The van der Waals surface area contributed by atoms with Gasteiger partial charge in [0.15, 0.2) is 5.69 Å². The normalized spacial score (nSPS) is 13.2. The van der Waals surface area contributed by atoms with Gasteiger partial charge >= 0.3 is 12.4 Å². The molecule has 1 N–H and O–H groups in total. The Morgan fingerprint density at radius 1 is 1.03 bits per heavy atom. The Morgan fingerprint density at radius 3 is 2.32 bits per heavy atom. The van der Waals surface area contributed by atoms with E-state index in [1.54, 1.807) is 0 Å². The summed E-state index contributed by atoms with van der Waals surface area (Å²) >= 11 is 5.83. The lowest BCUT2D eigenvalue weighted by molar-refractivity contribution is -0.143. The molecular formula is C20H14ClF6N3O. The molecule has 0 saturated carbocycles. The van der Waals surface area contributed by atoms with Crippen LogP contribution >= 0.6 is 11.6 Å². The van der Waals surface area contributed by atoms with E-state index in [9.17, 15) is 31.1 Å². The number of alkyl halides is 6. The monoisotopic (exact) mass is 461 g/mol. The lowest BCUT2D eigenvalue weighted by atomic mass is 10.0. The SMILES string of the molecule is CC(NC(=O)c1cnn(-c2cccc(Cl)c2)c1C(F)(F)F)c1cccc(C(F)(F)F)c1. The topological polar surface area (TPSA) is 46.9 Å². The van der Waals surface area contributed by atoms with Gasteiger partial charge in [-0.15, -0.1) is 0 Å². The van der Waals surface area contributed by atoms with E-state index < -0.39 is 41.1 Å². The Hall–Kier alpha value is -3.01. The van der Waals surface area contributed by atoms with Crippen LogP contribution < -0.4 is 5.32 Å². The summed E-state index contributed by atoms with van der Waals surface area (Å²) in [6, 6.07) is 8.64. The van der Waals surface area contributed by atoms with Crippen LogP contribution in [0.25, 0.3) is 5.69 Å². The van der Waals surface area contributed by atoms with E-state index in [1.165, 1.54) is 37.3 Å². The lowest BCUT2D eigenvalue weighted by Crippen LogP contribution is -2.29. The van der Waals surface area contributed by atoms with Gasteiger partial charge in [0, 0.05) is 5.02 Å². The van der Waals surface area contributed by atoms with Crippen LogP contribution in [-0.2, 0) is 12.4 Å². The van der Waals surface area contributed by atoms with E-state index in [4.69, 9.17) is 11.6 Å². The van der Waals surface area contributed by atoms with Gasteiger partial charge in [-0.05, 0) is 42.8 Å². The molecule has 0 fully saturated rings. The van der Waals surface area contributed by atoms with Crippen molar-refractivity contribution >= 4 is 17.5 Å². The van der Waals surface area contributed by atoms with Crippen LogP contribution in [0.5, 0.6) is 0 Å². The maximum Gasteiger partial charge on any atom is 0.434 e. The summed E-state index contributed by atoms with van der Waals surface area (Å²) in [6.45, 7) is 1.36. The van der Waals surface area contributed by atoms with E-state index in [-0.39, 0.29) is 16.3 Å². The van der Waals surface area contributed by atoms with Crippen molar-refractivity contribution in [3.8, 4) is 5.69 Å². The van der Waals surface area contributed by atoms with Gasteiger partial charge in [-0.1, -0.05) is 29.8 Å². The first-order valence-electron chi connectivity index (χ1n) is 8.77. The molecule has 1 amide bonds. The first-order chi connectivity index (χ1) is 14.4. The first kappa shape index (κ1) is 22.7. The third-order valence-corrected chi connectivity index (χ3v) is 4.63. The van der Waals surface area contributed by atoms with Crippen LogP contribution in [0.4, 0.5) is 26.3 Å². The molecular weight excluding hydrogens is 448 g/mol. The van der Waals surface area contributed by atoms with E-state index in [1.807, 2.05) is 0 Å². The average molecular weight is 462 g/mol. The van der Waals surface area contributed by atoms with Crippen molar-refractivity contribution in [3.63, 3.8) is 0 Å². The van der Waals surface area contributed by atoms with Gasteiger partial charge in [-0.25, -0.2) is 4.68 Å². The van der Waals surface area contributed by atoms with Crippen LogP contribution in [0, 0.1) is 0 Å². The molecule has 0 aliphatic rings. The van der Waals surface area contributed by atoms with Gasteiger partial charge in [-0.2, -0.15) is 31.4 Å². The molecule has 1 atom stereocenters. The zero-order valence-corrected chi connectivity index (χ0v) is 16.5. The molecule has 3 rings (SSSR count). The second kappa shape index (κ2) is 8.26. The van der Waals surface area contributed by atoms with Gasteiger partial charge in [0.05, 0.1) is 29.1 Å². The second-order valence-electron chi connectivity index (χ2n) is 6.61. The number of hydrogen-bond acceptors (Lipinski definition) is 2. The van der Waals surface area contributed by atoms with E-state index in [0.717, 1.165) is 24.4 Å². The van der Waals surface area contributed by atoms with Gasteiger partial charge in [-0.3, -0.25) is 4.79 Å². The van der Waals surface area contributed by atoms with Crippen molar-refractivity contribution in [2.45, 2.75) is 25.3 Å². The standard InChI is InChI=1S/C20H14ClF6N3O/c1-11(12-4-2-5-13(8-12)19(22,23)24)29-18(31)16-10-28-30(17(16)20(25,26)27)15-7-3-6-14(21)9-15/h2-11H,1H3,(H,29,31). The van der Waals surface area contributed by atoms with Gasteiger partial charge < -0.3 is 5.32 Å². The number of amides is 1. The van der Waals surface area contributed by atoms with Crippen LogP contribution in [0.3, 0.4) is 0 Å². The number of aromatic nitrogens is 2. The summed E-state index contributed by atoms with van der Waals surface area (Å²) in [5.41, 5.74) is -2.96. The van der Waals surface area contributed by atoms with Crippen molar-refractivity contribution < 1.29 is 31.1 Å². The molecule has 164 valence electrons. The van der Waals surface area contributed by atoms with Crippen molar-refractivity contribution in [3.05, 3.63) is 82.1 Å². The fourth-order valence-electron chi connectivity index (χ4n) is 2.93. The zero-order chi connectivity index (χ0) is 23.0. The smallest absolute Gasteiger partial charge is 0.345 e. The van der Waals surface area contributed by atoms with Crippen LogP contribution in [0.2, 0.25) is 5.02 Å². The van der Waals surface area contributed by atoms with Crippen LogP contribution in [0.15, 0.2) is 54.7 Å². The van der Waals surface area contributed by atoms with Crippen molar-refractivity contribution in [2.75, 3.05) is 0 Å². The zero-order valence-electron chi connectivity index (χ0n) is 15.7. The fraction of sp³-hybridized carbons (Fsp3) is 0.200. The molecule has 0 saturated heterocycles. The summed E-state index contributed by atoms with van der Waals surface area (Å²) in [5.74, 6) is -1.13. The molecule has 31 heavy (non-hydrogen) atoms. The highest BCUT2D eigenvalue weighted by atomic mass is 35.5. The first-order valence-corrected chi connectivity index (χ1v) is 9.15. The number of hydrogen-bond donors (Lipinski definition) is 1. The highest BCUT2D eigenvalue weighted by molar-refractivity contribution is 6.30. The predicted octanol–water partition coefficient (Wildman–Crippen LogP) is 6.05. The highest BCUT2D eigenvalue weighted by Crippen LogP contribution is 2.35. The Labute approximate surface area is 177 Å². The molecule has 0 aliphatic heterocycles. The molecule has 0 bridgehead atoms. The van der Waals surface area contributed by atoms with E-state index in [0.29, 0.717) is 4.68 Å². The molecule has 0 spiro atoms. The lowest BCUT2D eigenvalue weighted by Gasteiger charge is -2.17. The molecule has 1 unspecified atom stereocenters. The van der Waals surface area contributed by atoms with Crippen LogP contribution in [-0.4, -0.2) is 15.7 Å². The molecule has 3 aromatic rings. The van der Waals surface area contributed by atoms with Crippen LogP contribution in [0.1, 0.15) is 40.1 Å². The van der Waals surface area contributed by atoms with E-state index in [2.05, 4.69) is 10.4 Å². The number of carbonyl (C=O) groups is 1. The largest absolute Gasteiger partial charge is 0.434 e. The summed E-state index contributed by atoms with van der Waals surface area (Å²) in [4.78, 5) is 12.6. The Bertz CT molecular complexity index is 1110. The predicted molar refractivity (Wildman–Crippen MR) is 101 cm³/mol. The Balaban J connectivity index is 1.94. The molecule has 0 radical (unpaired) electrons. The second-order valence-corrected chi connectivity index (χ2v) is 7.05. The molecule has 4 nitrogen and oxygen atoms in total. The molecule has 1 aromatic heterocycles. The fourth-order valence-corrected chi connectivity index (χ4v) is 3.12. The van der Waals surface area contributed by atoms with Gasteiger partial charge in [0.2, 0.25) is 0 Å². The number of benzene rings is 2. The minimum atomic E-state index is -4.94. The highest BCUT2D eigenvalue weighted by Gasteiger charge is 2.41. The minimum Gasteiger partial charge on any atom is -0.345 e. The number of rotatable bonds is 4. The maximum absolute atomic E-state index is 13.7. The molecule has 1 heterocycles. The van der Waals surface area contributed by atoms with Crippen molar-refractivity contribution in [1.29, 1.82) is 0 Å². The number of nitrogens with zero attached hydrogens (tertiary/aromatic N) is 2. The van der Waals surface area contributed by atoms with Crippen molar-refractivity contribution in [1.82, 2.24) is 15.1 Å². The average Bonchev–Trinajstić information content (AvgIpc) is 3.13. The summed E-state index contributed by atoms with van der Waals surface area (Å²) < 4.78 is 80.4. The Kier molecular flexibility index (Phi) is 6.04. The maximum atomic E-state index is 13.7. The minimum absolute atomic E-state index is 0.00944. The van der Waals surface area contributed by atoms with E-state index >= 15 is 0 Å². The Morgan fingerprint density at radius 2 is 1.71 bits per heavy atom. The quantitative estimate of drug-likeness (QED) is 0.480. The number of nitrogens with one attached hydrogen (secondary N) is 1. The molecule has 2 aromatic carbocycles. The summed E-state index contributed by atoms with van der Waals surface area (Å²) in [5, 5.41) is 6.14. The molecule has 11 heteroatoms. The van der Waals surface area contributed by atoms with Crippen molar-refractivity contribution in [2.24, 2.45) is 0 Å². The van der Waals surface area contributed by atoms with Gasteiger partial charge in [0.1, 0.15) is 0 Å². The number of halogens is 7. The number of carbonyl (C=O) groups excluding carboxylic acids is 1. The third kappa shape index (κ3) is 5.01. The molecule has 0 aliphatic carbocycles. The summed E-state index contributed by atoms with van der Waals surface area (Å²) in [7, 11) is 0. The summed E-state index contributed by atoms with van der Waals surface area (Å²) in [6.07, 6.45) is -8.79. The van der Waals surface area contributed by atoms with Gasteiger partial charge in [0.25, 0.3) is 5.91 Å².